The fourth-order valence-corrected chi connectivity index (χ4v) is 5.56. The van der Waals surface area contributed by atoms with Gasteiger partial charge in [0.1, 0.15) is 4.83 Å². The molecule has 0 saturated carbocycles. The van der Waals surface area contributed by atoms with E-state index < -0.39 is 0 Å². The Morgan fingerprint density at radius 2 is 2.11 bits per heavy atom. The first kappa shape index (κ1) is 17.1. The maximum atomic E-state index is 13.2. The zero-order chi connectivity index (χ0) is 18.4. The van der Waals surface area contributed by atoms with E-state index in [9.17, 15) is 4.79 Å². The predicted octanol–water partition coefficient (Wildman–Crippen LogP) is 2.72. The molecule has 0 radical (unpaired) electrons. The van der Waals surface area contributed by atoms with Crippen molar-refractivity contribution in [1.29, 1.82) is 0 Å². The Kier molecular flexibility index (Phi) is 4.34. The second kappa shape index (κ2) is 6.86. The average Bonchev–Trinajstić information content (AvgIpc) is 3.07. The smallest absolute Gasteiger partial charge is 0.262 e. The van der Waals surface area contributed by atoms with Crippen molar-refractivity contribution in [3.05, 3.63) is 62.5 Å². The molecule has 4 heterocycles. The molecule has 5 nitrogen and oxygen atoms in total. The van der Waals surface area contributed by atoms with E-state index in [4.69, 9.17) is 0 Å². The predicted molar refractivity (Wildman–Crippen MR) is 109 cm³/mol. The van der Waals surface area contributed by atoms with E-state index in [1.165, 1.54) is 21.6 Å². The van der Waals surface area contributed by atoms with Crippen LogP contribution in [-0.2, 0) is 25.9 Å². The molecule has 2 aliphatic rings. The van der Waals surface area contributed by atoms with Crippen molar-refractivity contribution >= 4 is 21.6 Å². The second-order valence-electron chi connectivity index (χ2n) is 7.67. The Bertz CT molecular complexity index is 1050. The van der Waals surface area contributed by atoms with E-state index in [0.717, 1.165) is 55.8 Å². The number of nitrogens with one attached hydrogen (secondary N) is 1. The molecule has 1 N–H and O–H groups in total. The monoisotopic (exact) mass is 380 g/mol. The molecule has 0 bridgehead atoms. The summed E-state index contributed by atoms with van der Waals surface area (Å²) in [5, 5.41) is 4.24. The van der Waals surface area contributed by atoms with Crippen LogP contribution in [0.4, 0.5) is 0 Å². The molecule has 0 amide bonds. The molecule has 27 heavy (non-hydrogen) atoms. The van der Waals surface area contributed by atoms with Gasteiger partial charge in [-0.3, -0.25) is 14.3 Å². The molecule has 1 unspecified atom stereocenters. The quantitative estimate of drug-likeness (QED) is 0.759. The van der Waals surface area contributed by atoms with Crippen LogP contribution in [0.25, 0.3) is 10.2 Å². The number of thiophene rings is 1. The van der Waals surface area contributed by atoms with Crippen molar-refractivity contribution in [3.63, 3.8) is 0 Å². The molecular formula is C21H24N4OS. The molecule has 0 fully saturated rings. The van der Waals surface area contributed by atoms with Gasteiger partial charge in [0.15, 0.2) is 0 Å². The molecule has 1 aromatic carbocycles. The summed E-state index contributed by atoms with van der Waals surface area (Å²) in [6.45, 7) is 6.81. The van der Waals surface area contributed by atoms with Crippen molar-refractivity contribution in [3.8, 4) is 0 Å². The van der Waals surface area contributed by atoms with Crippen LogP contribution in [0.5, 0.6) is 0 Å². The Morgan fingerprint density at radius 3 is 3.00 bits per heavy atom. The van der Waals surface area contributed by atoms with Gasteiger partial charge in [0.05, 0.1) is 11.7 Å². The van der Waals surface area contributed by atoms with Crippen LogP contribution < -0.4 is 10.9 Å². The summed E-state index contributed by atoms with van der Waals surface area (Å²) >= 11 is 1.66. The first-order valence-electron chi connectivity index (χ1n) is 9.72. The molecule has 0 saturated heterocycles. The first-order chi connectivity index (χ1) is 13.2. The molecule has 2 aliphatic heterocycles. The number of hydrogen-bond donors (Lipinski definition) is 1. The van der Waals surface area contributed by atoms with Gasteiger partial charge in [-0.25, -0.2) is 4.98 Å². The third-order valence-electron chi connectivity index (χ3n) is 5.86. The number of hydrogen-bond acceptors (Lipinski definition) is 5. The number of nitrogens with zero attached hydrogens (tertiary/aromatic N) is 3. The van der Waals surface area contributed by atoms with Crippen LogP contribution in [0.15, 0.2) is 35.4 Å². The summed E-state index contributed by atoms with van der Waals surface area (Å²) in [6, 6.07) is 8.79. The van der Waals surface area contributed by atoms with E-state index in [1.807, 2.05) is 4.57 Å². The van der Waals surface area contributed by atoms with Crippen LogP contribution in [0.2, 0.25) is 0 Å². The maximum absolute atomic E-state index is 13.2. The van der Waals surface area contributed by atoms with Crippen molar-refractivity contribution in [2.75, 3.05) is 19.6 Å². The fraction of sp³-hybridized carbons (Fsp3) is 0.429. The summed E-state index contributed by atoms with van der Waals surface area (Å²) < 4.78 is 1.85. The Morgan fingerprint density at radius 1 is 1.26 bits per heavy atom. The van der Waals surface area contributed by atoms with Gasteiger partial charge in [0, 0.05) is 37.1 Å². The molecule has 0 spiro atoms. The molecular weight excluding hydrogens is 356 g/mol. The molecule has 1 atom stereocenters. The van der Waals surface area contributed by atoms with Crippen molar-refractivity contribution in [2.24, 2.45) is 0 Å². The summed E-state index contributed by atoms with van der Waals surface area (Å²) in [5.41, 5.74) is 4.22. The van der Waals surface area contributed by atoms with Gasteiger partial charge in [-0.1, -0.05) is 24.3 Å². The lowest BCUT2D eigenvalue weighted by Gasteiger charge is -2.31. The van der Waals surface area contributed by atoms with Crippen LogP contribution in [0.3, 0.4) is 0 Å². The van der Waals surface area contributed by atoms with E-state index in [-0.39, 0.29) is 11.6 Å². The van der Waals surface area contributed by atoms with Crippen LogP contribution in [0.1, 0.15) is 34.5 Å². The minimum atomic E-state index is 0.108. The van der Waals surface area contributed by atoms with Crippen LogP contribution in [-0.4, -0.2) is 34.1 Å². The highest BCUT2D eigenvalue weighted by Crippen LogP contribution is 2.30. The normalized spacial score (nSPS) is 18.3. The standard InChI is InChI=1S/C21H24N4OS/c1-14(11-24-9-7-15-4-2-3-5-16(15)12-24)25-13-23-20-19(21(25)26)17-6-8-22-10-18(17)27-20/h2-5,13-14,22H,6-12H2,1H3. The zero-order valence-corrected chi connectivity index (χ0v) is 16.4. The van der Waals surface area contributed by atoms with Crippen LogP contribution in [0, 0.1) is 0 Å². The maximum Gasteiger partial charge on any atom is 0.262 e. The fourth-order valence-electron chi connectivity index (χ4n) is 4.41. The van der Waals surface area contributed by atoms with Gasteiger partial charge in [-0.2, -0.15) is 0 Å². The van der Waals surface area contributed by atoms with E-state index >= 15 is 0 Å². The van der Waals surface area contributed by atoms with E-state index in [0.29, 0.717) is 0 Å². The highest BCUT2D eigenvalue weighted by molar-refractivity contribution is 7.18. The van der Waals surface area contributed by atoms with E-state index in [2.05, 4.69) is 46.4 Å². The lowest BCUT2D eigenvalue weighted by molar-refractivity contribution is 0.219. The van der Waals surface area contributed by atoms with Crippen LogP contribution >= 0.6 is 11.3 Å². The third-order valence-corrected chi connectivity index (χ3v) is 7.00. The summed E-state index contributed by atoms with van der Waals surface area (Å²) in [4.78, 5) is 22.5. The SMILES string of the molecule is CC(CN1CCc2ccccc2C1)n1cnc2sc3c(c2c1=O)CCNC3. The highest BCUT2D eigenvalue weighted by Gasteiger charge is 2.23. The molecule has 0 aliphatic carbocycles. The molecule has 2 aromatic heterocycles. The van der Waals surface area contributed by atoms with Gasteiger partial charge >= 0.3 is 0 Å². The summed E-state index contributed by atoms with van der Waals surface area (Å²) in [7, 11) is 0. The van der Waals surface area contributed by atoms with Crippen molar-refractivity contribution < 1.29 is 0 Å². The van der Waals surface area contributed by atoms with Gasteiger partial charge in [-0.05, 0) is 43.0 Å². The van der Waals surface area contributed by atoms with Crippen molar-refractivity contribution in [2.45, 2.75) is 38.9 Å². The molecule has 6 heteroatoms. The second-order valence-corrected chi connectivity index (χ2v) is 8.75. The minimum absolute atomic E-state index is 0.108. The third kappa shape index (κ3) is 3.02. The lowest BCUT2D eigenvalue weighted by atomic mass is 9.99. The van der Waals surface area contributed by atoms with Crippen molar-refractivity contribution in [1.82, 2.24) is 19.8 Å². The largest absolute Gasteiger partial charge is 0.312 e. The lowest BCUT2D eigenvalue weighted by Crippen LogP contribution is -2.37. The van der Waals surface area contributed by atoms with Gasteiger partial charge < -0.3 is 5.32 Å². The molecule has 5 rings (SSSR count). The van der Waals surface area contributed by atoms with Gasteiger partial charge in [-0.15, -0.1) is 11.3 Å². The number of rotatable bonds is 3. The Labute approximate surface area is 162 Å². The van der Waals surface area contributed by atoms with Gasteiger partial charge in [0.25, 0.3) is 5.56 Å². The topological polar surface area (TPSA) is 50.2 Å². The average molecular weight is 381 g/mol. The highest BCUT2D eigenvalue weighted by atomic mass is 32.1. The molecule has 140 valence electrons. The number of fused-ring (bicyclic) bond motifs is 4. The zero-order valence-electron chi connectivity index (χ0n) is 15.6. The Balaban J connectivity index is 1.42. The first-order valence-corrected chi connectivity index (χ1v) is 10.5. The molecule has 3 aromatic rings. The summed E-state index contributed by atoms with van der Waals surface area (Å²) in [5.74, 6) is 0. The Hall–Kier alpha value is -2.02. The summed E-state index contributed by atoms with van der Waals surface area (Å²) in [6.07, 6.45) is 3.76. The minimum Gasteiger partial charge on any atom is -0.312 e. The van der Waals surface area contributed by atoms with Gasteiger partial charge in [0.2, 0.25) is 0 Å². The number of benzene rings is 1. The number of aromatic nitrogens is 2. The van der Waals surface area contributed by atoms with E-state index in [1.54, 1.807) is 17.7 Å².